The smallest absolute Gasteiger partial charge is 0.228 e. The Bertz CT molecular complexity index is 705. The largest absolute Gasteiger partial charge is 0.342 e. The van der Waals surface area contributed by atoms with Crippen LogP contribution in [-0.2, 0) is 11.2 Å². The monoisotopic (exact) mass is 344 g/mol. The van der Waals surface area contributed by atoms with Crippen molar-refractivity contribution in [2.24, 2.45) is 11.8 Å². The van der Waals surface area contributed by atoms with Gasteiger partial charge in [-0.1, -0.05) is 19.9 Å². The Morgan fingerprint density at radius 3 is 2.75 bits per heavy atom. The van der Waals surface area contributed by atoms with Crippen LogP contribution in [0, 0.1) is 18.8 Å². The highest BCUT2D eigenvalue weighted by atomic mass is 32.1. The van der Waals surface area contributed by atoms with Crippen molar-refractivity contribution in [3.63, 3.8) is 0 Å². The van der Waals surface area contributed by atoms with Crippen molar-refractivity contribution in [2.45, 2.75) is 33.6 Å². The van der Waals surface area contributed by atoms with Crippen LogP contribution >= 0.6 is 11.3 Å². The van der Waals surface area contributed by atoms with Crippen LogP contribution in [0.15, 0.2) is 23.6 Å². The first-order valence-electron chi connectivity index (χ1n) is 8.42. The van der Waals surface area contributed by atoms with E-state index in [0.29, 0.717) is 18.3 Å². The van der Waals surface area contributed by atoms with Crippen LogP contribution in [0.1, 0.15) is 31.7 Å². The fourth-order valence-electron chi connectivity index (χ4n) is 3.30. The Kier molecular flexibility index (Phi) is 5.14. The number of rotatable bonds is 4. The van der Waals surface area contributed by atoms with Gasteiger partial charge in [0.25, 0.3) is 0 Å². The zero-order valence-electron chi connectivity index (χ0n) is 14.5. The van der Waals surface area contributed by atoms with E-state index in [1.165, 1.54) is 17.8 Å². The summed E-state index contributed by atoms with van der Waals surface area (Å²) in [7, 11) is 0. The third-order valence-electron chi connectivity index (χ3n) is 4.23. The lowest BCUT2D eigenvalue weighted by Crippen LogP contribution is -2.43. The van der Waals surface area contributed by atoms with Gasteiger partial charge in [0.1, 0.15) is 5.82 Å². The number of likely N-dealkylation sites (tertiary alicyclic amines) is 1. The lowest BCUT2D eigenvalue weighted by molar-refractivity contribution is -0.133. The first-order valence-corrected chi connectivity index (χ1v) is 9.30. The molecule has 5 nitrogen and oxygen atoms in total. The van der Waals surface area contributed by atoms with E-state index in [-0.39, 0.29) is 5.91 Å². The van der Waals surface area contributed by atoms with Crippen LogP contribution in [0.25, 0.3) is 0 Å². The molecule has 3 rings (SSSR count). The number of thiazole rings is 1. The van der Waals surface area contributed by atoms with Crippen molar-refractivity contribution in [3.05, 3.63) is 35.0 Å². The highest BCUT2D eigenvalue weighted by Crippen LogP contribution is 2.23. The number of carbonyl (C=O) groups is 1. The summed E-state index contributed by atoms with van der Waals surface area (Å²) < 4.78 is 0. The molecule has 2 atom stereocenters. The Hall–Kier alpha value is -1.95. The molecule has 0 bridgehead atoms. The average molecular weight is 344 g/mol. The van der Waals surface area contributed by atoms with Gasteiger partial charge in [0.05, 0.1) is 12.1 Å². The maximum Gasteiger partial charge on any atom is 0.228 e. The van der Waals surface area contributed by atoms with Crippen molar-refractivity contribution in [2.75, 3.05) is 18.4 Å². The summed E-state index contributed by atoms with van der Waals surface area (Å²) >= 11 is 1.51. The second-order valence-corrected chi connectivity index (χ2v) is 7.71. The molecule has 128 valence electrons. The van der Waals surface area contributed by atoms with E-state index in [1.54, 1.807) is 0 Å². The second kappa shape index (κ2) is 7.30. The summed E-state index contributed by atoms with van der Waals surface area (Å²) in [6, 6.07) is 5.83. The average Bonchev–Trinajstić information content (AvgIpc) is 2.93. The number of hydrogen-bond acceptors (Lipinski definition) is 5. The summed E-state index contributed by atoms with van der Waals surface area (Å²) in [5.41, 5.74) is 1.78. The quantitative estimate of drug-likeness (QED) is 0.920. The molecular weight excluding hydrogens is 320 g/mol. The molecule has 0 spiro atoms. The summed E-state index contributed by atoms with van der Waals surface area (Å²) in [6.07, 6.45) is 1.58. The zero-order valence-corrected chi connectivity index (χ0v) is 15.3. The Labute approximate surface area is 147 Å². The predicted octanol–water partition coefficient (Wildman–Crippen LogP) is 3.64. The molecular formula is C18H24N4OS. The van der Waals surface area contributed by atoms with E-state index in [0.717, 1.165) is 35.4 Å². The maximum absolute atomic E-state index is 12.5. The van der Waals surface area contributed by atoms with Gasteiger partial charge in [0, 0.05) is 24.2 Å². The molecule has 2 aromatic rings. The molecule has 0 radical (unpaired) electrons. The number of nitrogens with zero attached hydrogens (tertiary/aromatic N) is 3. The molecule has 0 saturated carbocycles. The number of pyridine rings is 1. The summed E-state index contributed by atoms with van der Waals surface area (Å²) in [5.74, 6) is 2.12. The zero-order chi connectivity index (χ0) is 17.1. The van der Waals surface area contributed by atoms with Gasteiger partial charge in [-0.2, -0.15) is 0 Å². The molecule has 1 saturated heterocycles. The van der Waals surface area contributed by atoms with Crippen LogP contribution in [0.5, 0.6) is 0 Å². The molecule has 24 heavy (non-hydrogen) atoms. The fourth-order valence-corrected chi connectivity index (χ4v) is 4.02. The Morgan fingerprint density at radius 1 is 1.29 bits per heavy atom. The molecule has 3 heterocycles. The van der Waals surface area contributed by atoms with E-state index < -0.39 is 0 Å². The summed E-state index contributed by atoms with van der Waals surface area (Å²) in [4.78, 5) is 23.5. The van der Waals surface area contributed by atoms with Crippen LogP contribution in [-0.4, -0.2) is 33.9 Å². The van der Waals surface area contributed by atoms with Gasteiger partial charge in [0.15, 0.2) is 5.13 Å². The molecule has 1 aliphatic heterocycles. The number of nitrogens with one attached hydrogen (secondary N) is 1. The van der Waals surface area contributed by atoms with Crippen molar-refractivity contribution in [1.82, 2.24) is 14.9 Å². The molecule has 1 N–H and O–H groups in total. The van der Waals surface area contributed by atoms with Gasteiger partial charge in [-0.3, -0.25) is 4.79 Å². The van der Waals surface area contributed by atoms with Crippen molar-refractivity contribution < 1.29 is 4.79 Å². The number of carbonyl (C=O) groups excluding carboxylic acids is 1. The molecule has 2 unspecified atom stereocenters. The van der Waals surface area contributed by atoms with Gasteiger partial charge in [-0.05, 0) is 37.3 Å². The number of amides is 1. The van der Waals surface area contributed by atoms with E-state index in [1.807, 2.05) is 35.4 Å². The summed E-state index contributed by atoms with van der Waals surface area (Å²) in [6.45, 7) is 8.13. The molecule has 1 fully saturated rings. The third-order valence-corrected chi connectivity index (χ3v) is 5.04. The van der Waals surface area contributed by atoms with Gasteiger partial charge in [-0.15, -0.1) is 11.3 Å². The summed E-state index contributed by atoms with van der Waals surface area (Å²) in [5, 5.41) is 5.93. The van der Waals surface area contributed by atoms with Gasteiger partial charge in [-0.25, -0.2) is 9.97 Å². The highest BCUT2D eigenvalue weighted by molar-refractivity contribution is 7.13. The highest BCUT2D eigenvalue weighted by Gasteiger charge is 2.25. The van der Waals surface area contributed by atoms with E-state index in [2.05, 4.69) is 29.1 Å². The Morgan fingerprint density at radius 2 is 2.04 bits per heavy atom. The number of hydrogen-bond donors (Lipinski definition) is 1. The van der Waals surface area contributed by atoms with Gasteiger partial charge < -0.3 is 10.2 Å². The number of aromatic nitrogens is 2. The third kappa shape index (κ3) is 4.32. The van der Waals surface area contributed by atoms with E-state index in [9.17, 15) is 4.79 Å². The van der Waals surface area contributed by atoms with Crippen molar-refractivity contribution in [3.8, 4) is 0 Å². The minimum absolute atomic E-state index is 0.180. The minimum atomic E-state index is 0.180. The molecule has 1 amide bonds. The number of anilines is 2. The van der Waals surface area contributed by atoms with Gasteiger partial charge >= 0.3 is 0 Å². The molecule has 0 aliphatic carbocycles. The molecule has 0 aromatic carbocycles. The van der Waals surface area contributed by atoms with E-state index >= 15 is 0 Å². The van der Waals surface area contributed by atoms with Gasteiger partial charge in [0.2, 0.25) is 5.91 Å². The number of piperidine rings is 1. The minimum Gasteiger partial charge on any atom is -0.342 e. The van der Waals surface area contributed by atoms with Crippen LogP contribution in [0.4, 0.5) is 10.9 Å². The topological polar surface area (TPSA) is 58.1 Å². The lowest BCUT2D eigenvalue weighted by atomic mass is 9.92. The maximum atomic E-state index is 12.5. The normalized spacial score (nSPS) is 20.9. The fraction of sp³-hybridized carbons (Fsp3) is 0.500. The number of aryl methyl sites for hydroxylation is 1. The lowest BCUT2D eigenvalue weighted by Gasteiger charge is -2.35. The van der Waals surface area contributed by atoms with Crippen LogP contribution in [0.3, 0.4) is 0 Å². The predicted molar refractivity (Wildman–Crippen MR) is 97.6 cm³/mol. The van der Waals surface area contributed by atoms with Crippen LogP contribution in [0.2, 0.25) is 0 Å². The van der Waals surface area contributed by atoms with Crippen molar-refractivity contribution >= 4 is 28.2 Å². The molecule has 2 aromatic heterocycles. The van der Waals surface area contributed by atoms with Crippen LogP contribution < -0.4 is 5.32 Å². The van der Waals surface area contributed by atoms with Crippen molar-refractivity contribution in [1.29, 1.82) is 0 Å². The second-order valence-electron chi connectivity index (χ2n) is 6.85. The Balaban J connectivity index is 1.60. The standard InChI is InChI=1S/C18H24N4OS/c1-12-7-13(2)10-22(9-12)17(23)8-15-11-24-18(20-15)21-16-6-4-5-14(3)19-16/h4-6,11-13H,7-10H2,1-3H3,(H,19,20,21). The molecule has 1 aliphatic rings. The first kappa shape index (κ1) is 16.9. The molecule has 6 heteroatoms. The van der Waals surface area contributed by atoms with E-state index in [4.69, 9.17) is 0 Å². The first-order chi connectivity index (χ1) is 11.5. The SMILES string of the molecule is Cc1cccc(Nc2nc(CC(=O)N3CC(C)CC(C)C3)cs2)n1.